The summed E-state index contributed by atoms with van der Waals surface area (Å²) in [6.07, 6.45) is 0. The number of carbonyl (C=O) groups is 1. The zero-order valence-electron chi connectivity index (χ0n) is 17.4. The Labute approximate surface area is 209 Å². The molecule has 4 N–H and O–H groups in total. The Bertz CT molecular complexity index is 1600. The smallest absolute Gasteiger partial charge is 0.337 e. The van der Waals surface area contributed by atoms with E-state index in [1.54, 1.807) is 18.2 Å². The molecule has 0 saturated carbocycles. The Kier molecular flexibility index (Phi) is 5.89. The number of nitrogens with zero attached hydrogens (tertiary/aromatic N) is 5. The van der Waals surface area contributed by atoms with Gasteiger partial charge in [0.25, 0.3) is 0 Å². The minimum Gasteiger partial charge on any atom is -0.478 e. The topological polar surface area (TPSA) is 166 Å². The number of hydrazone groups is 1. The summed E-state index contributed by atoms with van der Waals surface area (Å²) in [5.74, 6) is 5.52. The van der Waals surface area contributed by atoms with Gasteiger partial charge in [-0.3, -0.25) is 0 Å². The minimum absolute atomic E-state index is 0.0503. The van der Waals surface area contributed by atoms with Gasteiger partial charge in [0.15, 0.2) is 17.3 Å². The number of hydrogen-bond donors (Lipinski definition) is 3. The van der Waals surface area contributed by atoms with E-state index >= 15 is 0 Å². The van der Waals surface area contributed by atoms with Gasteiger partial charge in [-0.25, -0.2) is 19.4 Å². The second kappa shape index (κ2) is 9.16. The molecule has 0 fully saturated rings. The number of halogens is 2. The lowest BCUT2D eigenvalue weighted by Crippen LogP contribution is -2.13. The molecular weight excluding hydrogens is 542 g/mol. The summed E-state index contributed by atoms with van der Waals surface area (Å²) in [6, 6.07) is 15.2. The SMILES string of the molecule is N/N=C(\c1ccc(-c2ccc(Cl)c(C(=O)O)c2)o1)c1nc2nonc2nc1Nc1ccc(Br)cc1. The third-order valence-corrected chi connectivity index (χ3v) is 5.75. The van der Waals surface area contributed by atoms with Crippen LogP contribution in [0.1, 0.15) is 21.8 Å². The maximum atomic E-state index is 11.4. The highest BCUT2D eigenvalue weighted by molar-refractivity contribution is 9.10. The third kappa shape index (κ3) is 4.44. The zero-order valence-corrected chi connectivity index (χ0v) is 19.8. The van der Waals surface area contributed by atoms with Crippen LogP contribution in [-0.4, -0.2) is 37.1 Å². The predicted octanol–water partition coefficient (Wildman–Crippen LogP) is 4.84. The van der Waals surface area contributed by atoms with Crippen molar-refractivity contribution in [1.29, 1.82) is 0 Å². The Morgan fingerprint density at radius 2 is 1.80 bits per heavy atom. The van der Waals surface area contributed by atoms with E-state index in [4.69, 9.17) is 26.5 Å². The monoisotopic (exact) mass is 553 g/mol. The van der Waals surface area contributed by atoms with Crippen LogP contribution in [0, 0.1) is 0 Å². The molecule has 35 heavy (non-hydrogen) atoms. The highest BCUT2D eigenvalue weighted by atomic mass is 79.9. The molecule has 0 atom stereocenters. The number of furan rings is 1. The number of fused-ring (bicyclic) bond motifs is 1. The highest BCUT2D eigenvalue weighted by Crippen LogP contribution is 2.29. The molecule has 3 aromatic heterocycles. The molecule has 5 rings (SSSR count). The molecule has 2 aromatic carbocycles. The quantitative estimate of drug-likeness (QED) is 0.150. The summed E-state index contributed by atoms with van der Waals surface area (Å²) in [6.45, 7) is 0. The van der Waals surface area contributed by atoms with E-state index in [0.29, 0.717) is 11.3 Å². The molecule has 3 heterocycles. The van der Waals surface area contributed by atoms with E-state index in [1.165, 1.54) is 12.1 Å². The van der Waals surface area contributed by atoms with Gasteiger partial charge in [-0.1, -0.05) is 27.5 Å². The van der Waals surface area contributed by atoms with Crippen LogP contribution in [0.3, 0.4) is 0 Å². The van der Waals surface area contributed by atoms with Crippen molar-refractivity contribution >= 4 is 62.0 Å². The van der Waals surface area contributed by atoms with Crippen LogP contribution in [0.15, 0.2) is 73.2 Å². The van der Waals surface area contributed by atoms with Crippen molar-refractivity contribution < 1.29 is 18.9 Å². The second-order valence-electron chi connectivity index (χ2n) is 7.11. The largest absolute Gasteiger partial charge is 0.478 e. The molecule has 13 heteroatoms. The molecule has 11 nitrogen and oxygen atoms in total. The number of aromatic carboxylic acids is 1. The number of benzene rings is 2. The number of anilines is 2. The fraction of sp³-hybridized carbons (Fsp3) is 0. The second-order valence-corrected chi connectivity index (χ2v) is 8.43. The molecular formula is C22H13BrClN7O4. The first-order valence-corrected chi connectivity index (χ1v) is 11.0. The first-order valence-electron chi connectivity index (χ1n) is 9.87. The molecule has 0 spiro atoms. The lowest BCUT2D eigenvalue weighted by atomic mass is 10.1. The summed E-state index contributed by atoms with van der Waals surface area (Å²) in [5, 5.41) is 24.0. The van der Waals surface area contributed by atoms with Gasteiger partial charge in [0.05, 0.1) is 10.6 Å². The lowest BCUT2D eigenvalue weighted by molar-refractivity contribution is 0.0697. The van der Waals surface area contributed by atoms with Crippen molar-refractivity contribution in [3.63, 3.8) is 0 Å². The Hall–Kier alpha value is -4.29. The maximum Gasteiger partial charge on any atom is 0.337 e. The van der Waals surface area contributed by atoms with Crippen molar-refractivity contribution in [3.05, 3.63) is 81.1 Å². The summed E-state index contributed by atoms with van der Waals surface area (Å²) < 4.78 is 11.6. The zero-order chi connectivity index (χ0) is 24.5. The van der Waals surface area contributed by atoms with E-state index in [1.807, 2.05) is 24.3 Å². The summed E-state index contributed by atoms with van der Waals surface area (Å²) in [5.41, 5.74) is 1.92. The fourth-order valence-electron chi connectivity index (χ4n) is 3.26. The van der Waals surface area contributed by atoms with Gasteiger partial charge in [-0.2, -0.15) is 5.10 Å². The first kappa shape index (κ1) is 22.5. The molecule has 0 radical (unpaired) electrons. The van der Waals surface area contributed by atoms with Gasteiger partial charge < -0.3 is 20.7 Å². The van der Waals surface area contributed by atoms with Gasteiger partial charge in [-0.15, -0.1) is 0 Å². The van der Waals surface area contributed by atoms with Crippen molar-refractivity contribution in [2.45, 2.75) is 0 Å². The number of carboxylic acid groups (broad SMARTS) is 1. The van der Waals surface area contributed by atoms with Gasteiger partial charge in [0.1, 0.15) is 11.5 Å². The van der Waals surface area contributed by atoms with Crippen LogP contribution >= 0.6 is 27.5 Å². The number of carboxylic acids is 1. The molecule has 0 aliphatic heterocycles. The summed E-state index contributed by atoms with van der Waals surface area (Å²) in [7, 11) is 0. The molecule has 5 aromatic rings. The predicted molar refractivity (Wildman–Crippen MR) is 131 cm³/mol. The van der Waals surface area contributed by atoms with Crippen LogP contribution in [0.2, 0.25) is 5.02 Å². The van der Waals surface area contributed by atoms with Crippen LogP contribution in [0.25, 0.3) is 22.6 Å². The van der Waals surface area contributed by atoms with Crippen LogP contribution in [-0.2, 0) is 0 Å². The standard InChI is InChI=1S/C22H13BrClN7O4/c23-11-2-4-12(5-3-11)26-19-18(27-20-21(28-19)31-35-30-20)17(29-25)16-8-7-15(34-16)10-1-6-14(24)13(9-10)22(32)33/h1-9H,25H2,(H,32,33)(H,26,28,31)/b29-17+. The fourth-order valence-corrected chi connectivity index (χ4v) is 3.73. The summed E-state index contributed by atoms with van der Waals surface area (Å²) >= 11 is 9.38. The lowest BCUT2D eigenvalue weighted by Gasteiger charge is -2.10. The van der Waals surface area contributed by atoms with Gasteiger partial charge in [-0.05, 0) is 64.9 Å². The van der Waals surface area contributed by atoms with Crippen LogP contribution in [0.4, 0.5) is 11.5 Å². The minimum atomic E-state index is -1.15. The van der Waals surface area contributed by atoms with Crippen molar-refractivity contribution in [2.24, 2.45) is 10.9 Å². The normalized spacial score (nSPS) is 11.7. The Balaban J connectivity index is 1.57. The van der Waals surface area contributed by atoms with Crippen molar-refractivity contribution in [2.75, 3.05) is 5.32 Å². The van der Waals surface area contributed by atoms with Gasteiger partial charge >= 0.3 is 5.97 Å². The molecule has 0 bridgehead atoms. The highest BCUT2D eigenvalue weighted by Gasteiger charge is 2.22. The van der Waals surface area contributed by atoms with Crippen LogP contribution < -0.4 is 11.2 Å². The summed E-state index contributed by atoms with van der Waals surface area (Å²) in [4.78, 5) is 20.3. The first-order chi connectivity index (χ1) is 16.9. The average Bonchev–Trinajstić information content (AvgIpc) is 3.51. The molecule has 0 amide bonds. The molecule has 0 aliphatic carbocycles. The Morgan fingerprint density at radius 1 is 1.06 bits per heavy atom. The van der Waals surface area contributed by atoms with Gasteiger partial charge in [0.2, 0.25) is 11.3 Å². The number of aromatic nitrogens is 4. The van der Waals surface area contributed by atoms with E-state index < -0.39 is 5.97 Å². The van der Waals surface area contributed by atoms with E-state index in [0.717, 1.165) is 10.2 Å². The number of nitrogens with two attached hydrogens (primary N) is 1. The van der Waals surface area contributed by atoms with E-state index in [2.05, 4.69) is 46.6 Å². The van der Waals surface area contributed by atoms with E-state index in [9.17, 15) is 9.90 Å². The Morgan fingerprint density at radius 3 is 2.51 bits per heavy atom. The van der Waals surface area contributed by atoms with E-state index in [-0.39, 0.29) is 44.9 Å². The number of hydrogen-bond acceptors (Lipinski definition) is 10. The molecule has 174 valence electrons. The molecule has 0 saturated heterocycles. The van der Waals surface area contributed by atoms with Crippen LogP contribution in [0.5, 0.6) is 0 Å². The maximum absolute atomic E-state index is 11.4. The number of rotatable bonds is 6. The van der Waals surface area contributed by atoms with Crippen molar-refractivity contribution in [3.8, 4) is 11.3 Å². The van der Waals surface area contributed by atoms with Crippen molar-refractivity contribution in [1.82, 2.24) is 20.3 Å². The number of nitrogens with one attached hydrogen (secondary N) is 1. The van der Waals surface area contributed by atoms with Gasteiger partial charge in [0, 0.05) is 15.7 Å². The molecule has 0 unspecified atom stereocenters. The average molecular weight is 555 g/mol. The molecule has 0 aliphatic rings. The third-order valence-electron chi connectivity index (χ3n) is 4.90.